The summed E-state index contributed by atoms with van der Waals surface area (Å²) in [6.07, 6.45) is 1.17. The first-order valence-corrected chi connectivity index (χ1v) is 7.58. The van der Waals surface area contributed by atoms with E-state index in [2.05, 4.69) is 30.3 Å². The van der Waals surface area contributed by atoms with Crippen LogP contribution in [0.1, 0.15) is 18.2 Å². The van der Waals surface area contributed by atoms with Gasteiger partial charge in [0.25, 0.3) is 0 Å². The average molecular weight is 280 g/mol. The van der Waals surface area contributed by atoms with Crippen LogP contribution in [0.15, 0.2) is 24.3 Å². The first-order chi connectivity index (χ1) is 9.19. The number of hydrogen-bond acceptors (Lipinski definition) is 3. The molecule has 0 aliphatic rings. The van der Waals surface area contributed by atoms with E-state index in [0.717, 1.165) is 36.3 Å². The third-order valence-corrected chi connectivity index (χ3v) is 4.15. The minimum atomic E-state index is -0.158. The molecule has 0 amide bonds. The molecule has 4 heteroatoms. The summed E-state index contributed by atoms with van der Waals surface area (Å²) >= 11 is 1.75. The molecule has 2 nitrogen and oxygen atoms in total. The van der Waals surface area contributed by atoms with Gasteiger partial charge in [0.05, 0.1) is 0 Å². The Kier molecular flexibility index (Phi) is 5.31. The SMILES string of the molecule is CCCNCCN(C)Cc1cc2cc(F)ccc2s1. The van der Waals surface area contributed by atoms with Gasteiger partial charge in [-0.25, -0.2) is 4.39 Å². The van der Waals surface area contributed by atoms with Crippen molar-refractivity contribution in [3.63, 3.8) is 0 Å². The number of nitrogens with one attached hydrogen (secondary N) is 1. The van der Waals surface area contributed by atoms with E-state index in [1.54, 1.807) is 17.4 Å². The van der Waals surface area contributed by atoms with E-state index in [0.29, 0.717) is 0 Å². The molecular weight excluding hydrogens is 259 g/mol. The number of halogens is 1. The Balaban J connectivity index is 1.89. The molecule has 0 atom stereocenters. The van der Waals surface area contributed by atoms with Crippen LogP contribution in [0.4, 0.5) is 4.39 Å². The summed E-state index contributed by atoms with van der Waals surface area (Å²) in [6, 6.07) is 7.10. The lowest BCUT2D eigenvalue weighted by Crippen LogP contribution is -2.29. The maximum Gasteiger partial charge on any atom is 0.123 e. The highest BCUT2D eigenvalue weighted by molar-refractivity contribution is 7.19. The largest absolute Gasteiger partial charge is 0.315 e. The van der Waals surface area contributed by atoms with E-state index in [9.17, 15) is 4.39 Å². The van der Waals surface area contributed by atoms with Crippen LogP contribution < -0.4 is 5.32 Å². The fourth-order valence-corrected chi connectivity index (χ4v) is 3.19. The Labute approximate surface area is 118 Å². The summed E-state index contributed by atoms with van der Waals surface area (Å²) in [5.74, 6) is -0.158. The smallest absolute Gasteiger partial charge is 0.123 e. The van der Waals surface area contributed by atoms with Crippen molar-refractivity contribution in [3.05, 3.63) is 35.0 Å². The lowest BCUT2D eigenvalue weighted by atomic mass is 10.2. The molecule has 0 saturated carbocycles. The molecule has 0 spiro atoms. The second-order valence-electron chi connectivity index (χ2n) is 4.88. The van der Waals surface area contributed by atoms with Gasteiger partial charge < -0.3 is 10.2 Å². The van der Waals surface area contributed by atoms with Gasteiger partial charge in [-0.1, -0.05) is 6.92 Å². The molecule has 1 aromatic carbocycles. The highest BCUT2D eigenvalue weighted by Crippen LogP contribution is 2.26. The van der Waals surface area contributed by atoms with E-state index >= 15 is 0 Å². The minimum absolute atomic E-state index is 0.158. The molecule has 2 rings (SSSR count). The monoisotopic (exact) mass is 280 g/mol. The van der Waals surface area contributed by atoms with Crippen LogP contribution in [0.25, 0.3) is 10.1 Å². The van der Waals surface area contributed by atoms with Gasteiger partial charge in [0, 0.05) is 29.2 Å². The van der Waals surface area contributed by atoms with Crippen LogP contribution in [0.3, 0.4) is 0 Å². The highest BCUT2D eigenvalue weighted by atomic mass is 32.1. The standard InChI is InChI=1S/C15H21FN2S/c1-3-6-17-7-8-18(2)11-14-10-12-9-13(16)4-5-15(12)19-14/h4-5,9-10,17H,3,6-8,11H2,1-2H3. The van der Waals surface area contributed by atoms with Crippen molar-refractivity contribution in [1.29, 1.82) is 0 Å². The first kappa shape index (κ1) is 14.4. The van der Waals surface area contributed by atoms with Crippen molar-refractivity contribution < 1.29 is 4.39 Å². The summed E-state index contributed by atoms with van der Waals surface area (Å²) in [5.41, 5.74) is 0. The lowest BCUT2D eigenvalue weighted by Gasteiger charge is -2.15. The summed E-state index contributed by atoms with van der Waals surface area (Å²) in [4.78, 5) is 3.59. The van der Waals surface area contributed by atoms with Crippen molar-refractivity contribution in [3.8, 4) is 0 Å². The minimum Gasteiger partial charge on any atom is -0.315 e. The average Bonchev–Trinajstić information content (AvgIpc) is 2.76. The number of hydrogen-bond donors (Lipinski definition) is 1. The van der Waals surface area contributed by atoms with Crippen LogP contribution in [0.5, 0.6) is 0 Å². The number of nitrogens with zero attached hydrogens (tertiary/aromatic N) is 1. The van der Waals surface area contributed by atoms with Gasteiger partial charge in [0.15, 0.2) is 0 Å². The van der Waals surface area contributed by atoms with Crippen LogP contribution in [0.2, 0.25) is 0 Å². The lowest BCUT2D eigenvalue weighted by molar-refractivity contribution is 0.327. The number of fused-ring (bicyclic) bond motifs is 1. The molecule has 19 heavy (non-hydrogen) atoms. The predicted molar refractivity (Wildman–Crippen MR) is 81.3 cm³/mol. The molecule has 0 unspecified atom stereocenters. The van der Waals surface area contributed by atoms with Crippen LogP contribution in [-0.4, -0.2) is 31.6 Å². The maximum absolute atomic E-state index is 13.1. The topological polar surface area (TPSA) is 15.3 Å². The molecule has 1 aromatic heterocycles. The van der Waals surface area contributed by atoms with Gasteiger partial charge in [0.1, 0.15) is 5.82 Å². The molecule has 1 N–H and O–H groups in total. The molecule has 0 saturated heterocycles. The zero-order chi connectivity index (χ0) is 13.7. The van der Waals surface area contributed by atoms with E-state index in [4.69, 9.17) is 0 Å². The van der Waals surface area contributed by atoms with Gasteiger partial charge in [-0.2, -0.15) is 0 Å². The Morgan fingerprint density at radius 2 is 2.11 bits per heavy atom. The summed E-state index contributed by atoms with van der Waals surface area (Å²) in [7, 11) is 2.12. The van der Waals surface area contributed by atoms with Gasteiger partial charge in [-0.05, 0) is 49.7 Å². The normalized spacial score (nSPS) is 11.6. The zero-order valence-electron chi connectivity index (χ0n) is 11.6. The maximum atomic E-state index is 13.1. The third-order valence-electron chi connectivity index (χ3n) is 3.05. The molecule has 0 aliphatic carbocycles. The molecule has 0 bridgehead atoms. The van der Waals surface area contributed by atoms with Crippen LogP contribution in [-0.2, 0) is 6.54 Å². The number of benzene rings is 1. The van der Waals surface area contributed by atoms with Gasteiger partial charge in [-0.3, -0.25) is 0 Å². The fourth-order valence-electron chi connectivity index (χ4n) is 2.06. The van der Waals surface area contributed by atoms with E-state index < -0.39 is 0 Å². The van der Waals surface area contributed by atoms with Crippen LogP contribution in [0, 0.1) is 5.82 Å². The highest BCUT2D eigenvalue weighted by Gasteiger charge is 2.05. The molecule has 104 valence electrons. The Bertz CT molecular complexity index is 524. The Morgan fingerprint density at radius 3 is 2.89 bits per heavy atom. The Morgan fingerprint density at radius 1 is 1.26 bits per heavy atom. The summed E-state index contributed by atoms with van der Waals surface area (Å²) < 4.78 is 14.3. The predicted octanol–water partition coefficient (Wildman–Crippen LogP) is 3.47. The third kappa shape index (κ3) is 4.27. The van der Waals surface area contributed by atoms with Crippen molar-refractivity contribution in [2.24, 2.45) is 0 Å². The molecular formula is C15H21FN2S. The van der Waals surface area contributed by atoms with Crippen molar-refractivity contribution in [2.75, 3.05) is 26.7 Å². The van der Waals surface area contributed by atoms with E-state index in [-0.39, 0.29) is 5.82 Å². The van der Waals surface area contributed by atoms with Gasteiger partial charge in [0.2, 0.25) is 0 Å². The van der Waals surface area contributed by atoms with Gasteiger partial charge >= 0.3 is 0 Å². The van der Waals surface area contributed by atoms with E-state index in [1.807, 2.05) is 6.07 Å². The summed E-state index contributed by atoms with van der Waals surface area (Å²) in [5, 5.41) is 4.41. The quantitative estimate of drug-likeness (QED) is 0.781. The van der Waals surface area contributed by atoms with Crippen molar-refractivity contribution in [2.45, 2.75) is 19.9 Å². The molecule has 2 aromatic rings. The van der Waals surface area contributed by atoms with Crippen LogP contribution >= 0.6 is 11.3 Å². The molecule has 1 heterocycles. The first-order valence-electron chi connectivity index (χ1n) is 6.76. The second kappa shape index (κ2) is 6.98. The molecule has 0 radical (unpaired) electrons. The zero-order valence-corrected chi connectivity index (χ0v) is 12.4. The number of thiophene rings is 1. The van der Waals surface area contributed by atoms with Crippen molar-refractivity contribution >= 4 is 21.4 Å². The van der Waals surface area contributed by atoms with Gasteiger partial charge in [-0.15, -0.1) is 11.3 Å². The number of rotatable bonds is 7. The van der Waals surface area contributed by atoms with E-state index in [1.165, 1.54) is 17.4 Å². The molecule has 0 aliphatic heterocycles. The fraction of sp³-hybridized carbons (Fsp3) is 0.467. The summed E-state index contributed by atoms with van der Waals surface area (Å²) in [6.45, 7) is 6.23. The molecule has 0 fully saturated rings. The number of likely N-dealkylation sites (N-methyl/N-ethyl adjacent to an activating group) is 1. The van der Waals surface area contributed by atoms with Crippen molar-refractivity contribution in [1.82, 2.24) is 10.2 Å². The second-order valence-corrected chi connectivity index (χ2v) is 6.05. The Hall–Kier alpha value is -0.970.